The van der Waals surface area contributed by atoms with Crippen LogP contribution in [0.5, 0.6) is 0 Å². The lowest BCUT2D eigenvalue weighted by molar-refractivity contribution is -0.134. The number of benzene rings is 1. The molecule has 110 valence electrons. The van der Waals surface area contributed by atoms with E-state index in [-0.39, 0.29) is 11.9 Å². The number of rotatable bonds is 4. The maximum Gasteiger partial charge on any atom is 0.239 e. The lowest BCUT2D eigenvalue weighted by Gasteiger charge is -2.34. The van der Waals surface area contributed by atoms with Crippen molar-refractivity contribution >= 4 is 17.5 Å². The Kier molecular flexibility index (Phi) is 5.44. The molecule has 0 spiro atoms. The fourth-order valence-corrected chi connectivity index (χ4v) is 3.02. The topological polar surface area (TPSA) is 32.3 Å². The van der Waals surface area contributed by atoms with E-state index in [0.29, 0.717) is 5.92 Å². The van der Waals surface area contributed by atoms with E-state index >= 15 is 0 Å². The zero-order valence-electron chi connectivity index (χ0n) is 12.2. The molecule has 1 unspecified atom stereocenters. The molecule has 0 radical (unpaired) electrons. The summed E-state index contributed by atoms with van der Waals surface area (Å²) in [5.74, 6) is 0.788. The van der Waals surface area contributed by atoms with Gasteiger partial charge in [0, 0.05) is 18.1 Å². The van der Waals surface area contributed by atoms with Gasteiger partial charge in [0.15, 0.2) is 0 Å². The number of hydrogen-bond donors (Lipinski definition) is 1. The van der Waals surface area contributed by atoms with Crippen molar-refractivity contribution in [2.75, 3.05) is 20.1 Å². The summed E-state index contributed by atoms with van der Waals surface area (Å²) in [6.07, 6.45) is 2.91. The Hall–Kier alpha value is -1.06. The van der Waals surface area contributed by atoms with Gasteiger partial charge in [0.2, 0.25) is 5.91 Å². The average molecular weight is 295 g/mol. The number of nitrogens with zero attached hydrogens (tertiary/aromatic N) is 1. The Balaban J connectivity index is 1.92. The SMILES string of the molecule is CCC(NC)C(=O)N1CCC(c2ccc(Cl)cc2)CC1. The molecule has 0 aliphatic carbocycles. The van der Waals surface area contributed by atoms with Crippen molar-refractivity contribution in [1.29, 1.82) is 0 Å². The molecule has 1 aliphatic heterocycles. The highest BCUT2D eigenvalue weighted by Crippen LogP contribution is 2.29. The molecule has 1 aliphatic rings. The minimum absolute atomic E-state index is 0.0397. The van der Waals surface area contributed by atoms with E-state index in [1.807, 2.05) is 31.0 Å². The number of halogens is 1. The molecular weight excluding hydrogens is 272 g/mol. The molecule has 0 aromatic heterocycles. The van der Waals surface area contributed by atoms with Crippen LogP contribution in [0.3, 0.4) is 0 Å². The summed E-state index contributed by atoms with van der Waals surface area (Å²) < 4.78 is 0. The molecule has 1 atom stereocenters. The highest BCUT2D eigenvalue weighted by molar-refractivity contribution is 6.30. The van der Waals surface area contributed by atoms with Crippen molar-refractivity contribution in [3.05, 3.63) is 34.9 Å². The van der Waals surface area contributed by atoms with Gasteiger partial charge >= 0.3 is 0 Å². The lowest BCUT2D eigenvalue weighted by atomic mass is 9.89. The highest BCUT2D eigenvalue weighted by Gasteiger charge is 2.27. The molecule has 1 N–H and O–H groups in total. The van der Waals surface area contributed by atoms with Gasteiger partial charge in [-0.15, -0.1) is 0 Å². The molecule has 3 nitrogen and oxygen atoms in total. The van der Waals surface area contributed by atoms with Crippen LogP contribution in [0, 0.1) is 0 Å². The summed E-state index contributed by atoms with van der Waals surface area (Å²) in [4.78, 5) is 14.3. The van der Waals surface area contributed by atoms with Crippen LogP contribution in [0.1, 0.15) is 37.7 Å². The maximum atomic E-state index is 12.3. The molecule has 4 heteroatoms. The number of likely N-dealkylation sites (tertiary alicyclic amines) is 1. The molecule has 2 rings (SSSR count). The van der Waals surface area contributed by atoms with Gasteiger partial charge in [-0.2, -0.15) is 0 Å². The van der Waals surface area contributed by atoms with E-state index in [1.54, 1.807) is 0 Å². The Labute approximate surface area is 126 Å². The lowest BCUT2D eigenvalue weighted by Crippen LogP contribution is -2.47. The van der Waals surface area contributed by atoms with Gasteiger partial charge in [0.1, 0.15) is 0 Å². The fourth-order valence-electron chi connectivity index (χ4n) is 2.89. The van der Waals surface area contributed by atoms with E-state index in [4.69, 9.17) is 11.6 Å². The van der Waals surface area contributed by atoms with Crippen LogP contribution in [-0.2, 0) is 4.79 Å². The van der Waals surface area contributed by atoms with Crippen LogP contribution in [0.25, 0.3) is 0 Å². The fraction of sp³-hybridized carbons (Fsp3) is 0.562. The van der Waals surface area contributed by atoms with Crippen molar-refractivity contribution in [1.82, 2.24) is 10.2 Å². The predicted molar refractivity (Wildman–Crippen MR) is 83.1 cm³/mol. The van der Waals surface area contributed by atoms with Crippen molar-refractivity contribution in [3.63, 3.8) is 0 Å². The largest absolute Gasteiger partial charge is 0.341 e. The predicted octanol–water partition coefficient (Wildman–Crippen LogP) is 3.04. The third-order valence-corrected chi connectivity index (χ3v) is 4.45. The molecule has 20 heavy (non-hydrogen) atoms. The van der Waals surface area contributed by atoms with Crippen LogP contribution in [-0.4, -0.2) is 37.0 Å². The van der Waals surface area contributed by atoms with Gasteiger partial charge in [-0.25, -0.2) is 0 Å². The molecule has 1 aromatic rings. The first-order chi connectivity index (χ1) is 9.65. The van der Waals surface area contributed by atoms with Crippen LogP contribution in [0.15, 0.2) is 24.3 Å². The van der Waals surface area contributed by atoms with Crippen molar-refractivity contribution in [3.8, 4) is 0 Å². The number of carbonyl (C=O) groups is 1. The minimum Gasteiger partial charge on any atom is -0.341 e. The Bertz CT molecular complexity index is 434. The first kappa shape index (κ1) is 15.3. The highest BCUT2D eigenvalue weighted by atomic mass is 35.5. The maximum absolute atomic E-state index is 12.3. The van der Waals surface area contributed by atoms with E-state index in [1.165, 1.54) is 5.56 Å². The van der Waals surface area contributed by atoms with Gasteiger partial charge in [-0.05, 0) is 49.9 Å². The van der Waals surface area contributed by atoms with Gasteiger partial charge in [-0.1, -0.05) is 30.7 Å². The number of piperidine rings is 1. The van der Waals surface area contributed by atoms with Crippen molar-refractivity contribution in [2.24, 2.45) is 0 Å². The molecule has 0 bridgehead atoms. The Morgan fingerprint density at radius 2 is 1.95 bits per heavy atom. The van der Waals surface area contributed by atoms with E-state index in [9.17, 15) is 4.79 Å². The molecule has 1 heterocycles. The zero-order chi connectivity index (χ0) is 14.5. The third kappa shape index (κ3) is 3.53. The molecular formula is C16H23ClN2O. The molecule has 1 aromatic carbocycles. The van der Waals surface area contributed by atoms with Crippen LogP contribution < -0.4 is 5.32 Å². The zero-order valence-corrected chi connectivity index (χ0v) is 13.0. The monoisotopic (exact) mass is 294 g/mol. The molecule has 1 amide bonds. The summed E-state index contributed by atoms with van der Waals surface area (Å²) in [6.45, 7) is 3.74. The third-order valence-electron chi connectivity index (χ3n) is 4.20. The van der Waals surface area contributed by atoms with Crippen LogP contribution >= 0.6 is 11.6 Å². The number of carbonyl (C=O) groups excluding carboxylic acids is 1. The van der Waals surface area contributed by atoms with E-state index in [2.05, 4.69) is 17.4 Å². The normalized spacial score (nSPS) is 18.1. The van der Waals surface area contributed by atoms with Gasteiger partial charge in [0.25, 0.3) is 0 Å². The first-order valence-electron chi connectivity index (χ1n) is 7.37. The molecule has 1 saturated heterocycles. The summed E-state index contributed by atoms with van der Waals surface area (Å²) in [5.41, 5.74) is 1.34. The van der Waals surface area contributed by atoms with Gasteiger partial charge < -0.3 is 10.2 Å². The van der Waals surface area contributed by atoms with Crippen LogP contribution in [0.4, 0.5) is 0 Å². The number of likely N-dealkylation sites (N-methyl/N-ethyl adjacent to an activating group) is 1. The standard InChI is InChI=1S/C16H23ClN2O/c1-3-15(18-2)16(20)19-10-8-13(9-11-19)12-4-6-14(17)7-5-12/h4-7,13,15,18H,3,8-11H2,1-2H3. The summed E-state index contributed by atoms with van der Waals surface area (Å²) in [6, 6.07) is 8.06. The number of amides is 1. The van der Waals surface area contributed by atoms with Crippen LogP contribution in [0.2, 0.25) is 5.02 Å². The minimum atomic E-state index is -0.0397. The Morgan fingerprint density at radius 1 is 1.35 bits per heavy atom. The second-order valence-corrected chi connectivity index (χ2v) is 5.84. The smallest absolute Gasteiger partial charge is 0.239 e. The quantitative estimate of drug-likeness (QED) is 0.926. The van der Waals surface area contributed by atoms with Crippen molar-refractivity contribution < 1.29 is 4.79 Å². The van der Waals surface area contributed by atoms with E-state index < -0.39 is 0 Å². The first-order valence-corrected chi connectivity index (χ1v) is 7.75. The number of nitrogens with one attached hydrogen (secondary N) is 1. The van der Waals surface area contributed by atoms with Gasteiger partial charge in [-0.3, -0.25) is 4.79 Å². The van der Waals surface area contributed by atoms with E-state index in [0.717, 1.165) is 37.4 Å². The molecule has 1 fully saturated rings. The second-order valence-electron chi connectivity index (χ2n) is 5.40. The summed E-state index contributed by atoms with van der Waals surface area (Å²) in [7, 11) is 1.85. The summed E-state index contributed by atoms with van der Waals surface area (Å²) >= 11 is 5.92. The average Bonchev–Trinajstić information content (AvgIpc) is 2.49. The van der Waals surface area contributed by atoms with Gasteiger partial charge in [0.05, 0.1) is 6.04 Å². The second kappa shape index (κ2) is 7.09. The molecule has 0 saturated carbocycles. The number of hydrogen-bond acceptors (Lipinski definition) is 2. The summed E-state index contributed by atoms with van der Waals surface area (Å²) in [5, 5.41) is 3.87. The Morgan fingerprint density at radius 3 is 2.45 bits per heavy atom. The van der Waals surface area contributed by atoms with Crippen molar-refractivity contribution in [2.45, 2.75) is 38.1 Å².